The lowest BCUT2D eigenvalue weighted by atomic mass is 9.99. The van der Waals surface area contributed by atoms with Crippen LogP contribution in [0.2, 0.25) is 5.02 Å². The van der Waals surface area contributed by atoms with Crippen molar-refractivity contribution in [3.05, 3.63) is 35.2 Å². The predicted molar refractivity (Wildman–Crippen MR) is 101 cm³/mol. The van der Waals surface area contributed by atoms with Gasteiger partial charge in [-0.05, 0) is 45.0 Å². The molecule has 7 nitrogen and oxygen atoms in total. The number of piperazine rings is 1. The quantitative estimate of drug-likeness (QED) is 0.801. The zero-order valence-corrected chi connectivity index (χ0v) is 16.6. The summed E-state index contributed by atoms with van der Waals surface area (Å²) >= 11 is 5.88. The standard InChI is InChI=1S/C19H23ClN4O3/c1-11-12(2)24(13(3)19(26)23(11)4)17(25)10-9-16-21-22-18(27-16)14-5-7-15(20)8-6-14/h5-8,11-13H,9-10H2,1-4H3. The van der Waals surface area contributed by atoms with E-state index in [4.69, 9.17) is 16.0 Å². The summed E-state index contributed by atoms with van der Waals surface area (Å²) in [6, 6.07) is 6.54. The Morgan fingerprint density at radius 1 is 1.15 bits per heavy atom. The van der Waals surface area contributed by atoms with Crippen LogP contribution in [-0.4, -0.2) is 57.0 Å². The molecule has 1 aliphatic rings. The van der Waals surface area contributed by atoms with Gasteiger partial charge in [0.2, 0.25) is 23.6 Å². The van der Waals surface area contributed by atoms with Crippen molar-refractivity contribution < 1.29 is 14.0 Å². The van der Waals surface area contributed by atoms with Crippen LogP contribution in [0, 0.1) is 0 Å². The maximum atomic E-state index is 12.8. The minimum atomic E-state index is -0.471. The van der Waals surface area contributed by atoms with E-state index in [9.17, 15) is 9.59 Å². The summed E-state index contributed by atoms with van der Waals surface area (Å²) in [5, 5.41) is 8.67. The smallest absolute Gasteiger partial charge is 0.247 e. The zero-order chi connectivity index (χ0) is 19.7. The molecule has 3 rings (SSSR count). The molecule has 2 amide bonds. The normalized spacial score (nSPS) is 23.0. The molecule has 27 heavy (non-hydrogen) atoms. The van der Waals surface area contributed by atoms with Crippen molar-refractivity contribution in [2.75, 3.05) is 7.05 Å². The Bertz CT molecular complexity index is 836. The number of hydrogen-bond donors (Lipinski definition) is 0. The first-order valence-electron chi connectivity index (χ1n) is 8.95. The third kappa shape index (κ3) is 3.83. The molecule has 1 aromatic heterocycles. The van der Waals surface area contributed by atoms with Crippen molar-refractivity contribution >= 4 is 23.4 Å². The summed E-state index contributed by atoms with van der Waals surface area (Å²) in [7, 11) is 1.78. The average molecular weight is 391 g/mol. The van der Waals surface area contributed by atoms with Crippen molar-refractivity contribution in [1.82, 2.24) is 20.0 Å². The van der Waals surface area contributed by atoms with Gasteiger partial charge < -0.3 is 14.2 Å². The molecule has 8 heteroatoms. The minimum absolute atomic E-state index is 0.0300. The number of benzene rings is 1. The van der Waals surface area contributed by atoms with Gasteiger partial charge in [0.15, 0.2) is 0 Å². The molecule has 2 aromatic rings. The molecular formula is C19H23ClN4O3. The number of rotatable bonds is 4. The molecule has 3 unspecified atom stereocenters. The first-order valence-corrected chi connectivity index (χ1v) is 9.33. The third-order valence-corrected chi connectivity index (χ3v) is 5.52. The van der Waals surface area contributed by atoms with E-state index < -0.39 is 6.04 Å². The van der Waals surface area contributed by atoms with Crippen molar-refractivity contribution in [1.29, 1.82) is 0 Å². The Balaban J connectivity index is 1.65. The Morgan fingerprint density at radius 2 is 1.81 bits per heavy atom. The minimum Gasteiger partial charge on any atom is -0.421 e. The summed E-state index contributed by atoms with van der Waals surface area (Å²) in [6.45, 7) is 5.68. The molecule has 144 valence electrons. The molecule has 0 saturated carbocycles. The topological polar surface area (TPSA) is 79.5 Å². The van der Waals surface area contributed by atoms with E-state index in [0.29, 0.717) is 23.2 Å². The van der Waals surface area contributed by atoms with Crippen molar-refractivity contribution in [3.8, 4) is 11.5 Å². The van der Waals surface area contributed by atoms with E-state index in [-0.39, 0.29) is 30.3 Å². The van der Waals surface area contributed by atoms with Gasteiger partial charge in [0.05, 0.1) is 0 Å². The van der Waals surface area contributed by atoms with Gasteiger partial charge in [-0.15, -0.1) is 10.2 Å². The fourth-order valence-electron chi connectivity index (χ4n) is 3.37. The average Bonchev–Trinajstić information content (AvgIpc) is 3.13. The largest absolute Gasteiger partial charge is 0.421 e. The molecular weight excluding hydrogens is 368 g/mol. The number of carbonyl (C=O) groups excluding carboxylic acids is 2. The van der Waals surface area contributed by atoms with Gasteiger partial charge in [-0.25, -0.2) is 0 Å². The van der Waals surface area contributed by atoms with E-state index in [1.807, 2.05) is 13.8 Å². The number of hydrogen-bond acceptors (Lipinski definition) is 5. The third-order valence-electron chi connectivity index (χ3n) is 5.27. The number of carbonyl (C=O) groups is 2. The summed E-state index contributed by atoms with van der Waals surface area (Å²) in [6.07, 6.45) is 0.536. The second-order valence-electron chi connectivity index (χ2n) is 6.92. The highest BCUT2D eigenvalue weighted by Crippen LogP contribution is 2.24. The highest BCUT2D eigenvalue weighted by Gasteiger charge is 2.41. The van der Waals surface area contributed by atoms with Gasteiger partial charge in [0.1, 0.15) is 6.04 Å². The number of aryl methyl sites for hydroxylation is 1. The van der Waals surface area contributed by atoms with E-state index >= 15 is 0 Å². The highest BCUT2D eigenvalue weighted by atomic mass is 35.5. The Kier molecular flexibility index (Phi) is 5.51. The molecule has 0 radical (unpaired) electrons. The van der Waals surface area contributed by atoms with Crippen LogP contribution < -0.4 is 0 Å². The van der Waals surface area contributed by atoms with E-state index in [0.717, 1.165) is 5.56 Å². The second kappa shape index (κ2) is 7.68. The number of aromatic nitrogens is 2. The fraction of sp³-hybridized carbons (Fsp3) is 0.474. The number of halogens is 1. The molecule has 3 atom stereocenters. The molecule has 1 aliphatic heterocycles. The van der Waals surface area contributed by atoms with Crippen LogP contribution in [0.4, 0.5) is 0 Å². The van der Waals surface area contributed by atoms with Gasteiger partial charge in [-0.2, -0.15) is 0 Å². The second-order valence-corrected chi connectivity index (χ2v) is 7.35. The SMILES string of the molecule is CC1C(C)N(C(=O)CCc2nnc(-c3ccc(Cl)cc3)o2)C(C)C(=O)N1C. The maximum Gasteiger partial charge on any atom is 0.247 e. The Labute approximate surface area is 163 Å². The van der Waals surface area contributed by atoms with Crippen LogP contribution in [0.1, 0.15) is 33.1 Å². The molecule has 0 bridgehead atoms. The molecule has 2 heterocycles. The lowest BCUT2D eigenvalue weighted by Gasteiger charge is -2.46. The molecule has 1 aromatic carbocycles. The molecule has 0 N–H and O–H groups in total. The number of likely N-dealkylation sites (N-methyl/N-ethyl adjacent to an activating group) is 1. The molecule has 1 saturated heterocycles. The Morgan fingerprint density at radius 3 is 2.48 bits per heavy atom. The first-order chi connectivity index (χ1) is 12.8. The van der Waals surface area contributed by atoms with Gasteiger partial charge in [-0.1, -0.05) is 11.6 Å². The van der Waals surface area contributed by atoms with Crippen LogP contribution in [-0.2, 0) is 16.0 Å². The summed E-state index contributed by atoms with van der Waals surface area (Å²) in [4.78, 5) is 28.5. The van der Waals surface area contributed by atoms with Crippen molar-refractivity contribution in [2.45, 2.75) is 51.7 Å². The van der Waals surface area contributed by atoms with Gasteiger partial charge in [0, 0.05) is 42.6 Å². The van der Waals surface area contributed by atoms with E-state index in [2.05, 4.69) is 10.2 Å². The van der Waals surface area contributed by atoms with Crippen LogP contribution in [0.15, 0.2) is 28.7 Å². The maximum absolute atomic E-state index is 12.8. The van der Waals surface area contributed by atoms with Crippen LogP contribution in [0.3, 0.4) is 0 Å². The monoisotopic (exact) mass is 390 g/mol. The van der Waals surface area contributed by atoms with Crippen LogP contribution in [0.5, 0.6) is 0 Å². The van der Waals surface area contributed by atoms with E-state index in [1.165, 1.54) is 0 Å². The fourth-order valence-corrected chi connectivity index (χ4v) is 3.50. The van der Waals surface area contributed by atoms with Crippen LogP contribution in [0.25, 0.3) is 11.5 Å². The first kappa shape index (κ1) is 19.4. The summed E-state index contributed by atoms with van der Waals surface area (Å²) < 4.78 is 5.65. The van der Waals surface area contributed by atoms with Gasteiger partial charge in [-0.3, -0.25) is 9.59 Å². The zero-order valence-electron chi connectivity index (χ0n) is 15.8. The molecule has 0 spiro atoms. The number of amides is 2. The molecule has 1 fully saturated rings. The Hall–Kier alpha value is -2.41. The van der Waals surface area contributed by atoms with Gasteiger partial charge >= 0.3 is 0 Å². The summed E-state index contributed by atoms with van der Waals surface area (Å²) in [5.74, 6) is 0.646. The van der Waals surface area contributed by atoms with Crippen molar-refractivity contribution in [3.63, 3.8) is 0 Å². The summed E-state index contributed by atoms with van der Waals surface area (Å²) in [5.41, 5.74) is 0.769. The predicted octanol–water partition coefficient (Wildman–Crippen LogP) is 2.79. The lowest BCUT2D eigenvalue weighted by Crippen LogP contribution is -2.64. The highest BCUT2D eigenvalue weighted by molar-refractivity contribution is 6.30. The molecule has 0 aliphatic carbocycles. The lowest BCUT2D eigenvalue weighted by molar-refractivity contribution is -0.157. The number of nitrogens with zero attached hydrogens (tertiary/aromatic N) is 4. The van der Waals surface area contributed by atoms with Crippen LogP contribution >= 0.6 is 11.6 Å². The van der Waals surface area contributed by atoms with Crippen molar-refractivity contribution in [2.24, 2.45) is 0 Å². The van der Waals surface area contributed by atoms with E-state index in [1.54, 1.807) is 48.0 Å². The van der Waals surface area contributed by atoms with Gasteiger partial charge in [0.25, 0.3) is 0 Å².